The van der Waals surface area contributed by atoms with Crippen LogP contribution < -0.4 is 0 Å². The molecule has 1 fully saturated rings. The molecule has 1 aliphatic heterocycles. The summed E-state index contributed by atoms with van der Waals surface area (Å²) in [6, 6.07) is 4.69. The van der Waals surface area contributed by atoms with Crippen molar-refractivity contribution in [2.24, 2.45) is 5.92 Å². The van der Waals surface area contributed by atoms with Gasteiger partial charge in [0, 0.05) is 18.1 Å². The van der Waals surface area contributed by atoms with Gasteiger partial charge in [-0.3, -0.25) is 4.79 Å². The minimum absolute atomic E-state index is 0.164. The van der Waals surface area contributed by atoms with Crippen LogP contribution in [0.1, 0.15) is 18.4 Å². The average Bonchev–Trinajstić information content (AvgIpc) is 2.46. The molecule has 0 spiro atoms. The molecule has 1 aromatic rings. The molecule has 1 aromatic carbocycles. The number of halogens is 1. The normalized spacial score (nSPS) is 20.2. The molecule has 1 heterocycles. The van der Waals surface area contributed by atoms with Gasteiger partial charge in [0.15, 0.2) is 0 Å². The van der Waals surface area contributed by atoms with Gasteiger partial charge in [-0.25, -0.2) is 8.42 Å². The molecule has 21 heavy (non-hydrogen) atoms. The van der Waals surface area contributed by atoms with Gasteiger partial charge in [0.1, 0.15) is 0 Å². The van der Waals surface area contributed by atoms with Crippen molar-refractivity contribution in [3.05, 3.63) is 28.8 Å². The molecule has 5 nitrogen and oxygen atoms in total. The van der Waals surface area contributed by atoms with Crippen LogP contribution in [0.25, 0.3) is 0 Å². The molecule has 1 aliphatic rings. The molecule has 1 saturated heterocycles. The fourth-order valence-corrected chi connectivity index (χ4v) is 4.52. The summed E-state index contributed by atoms with van der Waals surface area (Å²) in [7, 11) is -2.30. The van der Waals surface area contributed by atoms with E-state index >= 15 is 0 Å². The molecular weight excluding hydrogens is 314 g/mol. The largest absolute Gasteiger partial charge is 0.469 e. The first-order valence-corrected chi connectivity index (χ1v) is 8.52. The Morgan fingerprint density at radius 2 is 2.14 bits per heavy atom. The van der Waals surface area contributed by atoms with Crippen molar-refractivity contribution in [2.45, 2.75) is 24.7 Å². The average molecular weight is 332 g/mol. The Labute approximate surface area is 129 Å². The van der Waals surface area contributed by atoms with Crippen LogP contribution in [-0.2, 0) is 19.6 Å². The predicted octanol–water partition coefficient (Wildman–Crippen LogP) is 2.22. The molecule has 0 aliphatic carbocycles. The van der Waals surface area contributed by atoms with Crippen LogP contribution in [0.15, 0.2) is 23.1 Å². The van der Waals surface area contributed by atoms with Crippen LogP contribution >= 0.6 is 11.6 Å². The zero-order valence-electron chi connectivity index (χ0n) is 12.0. The SMILES string of the molecule is COC(=O)C1CCCN(S(=O)(=O)c2ccc(Cl)cc2C)C1. The lowest BCUT2D eigenvalue weighted by molar-refractivity contribution is -0.146. The molecule has 7 heteroatoms. The Morgan fingerprint density at radius 1 is 1.43 bits per heavy atom. The van der Waals surface area contributed by atoms with Crippen molar-refractivity contribution < 1.29 is 17.9 Å². The summed E-state index contributed by atoms with van der Waals surface area (Å²) in [6.07, 6.45) is 1.30. The summed E-state index contributed by atoms with van der Waals surface area (Å²) >= 11 is 5.87. The lowest BCUT2D eigenvalue weighted by Gasteiger charge is -2.30. The van der Waals surface area contributed by atoms with Gasteiger partial charge in [-0.05, 0) is 43.5 Å². The highest BCUT2D eigenvalue weighted by Gasteiger charge is 2.34. The maximum absolute atomic E-state index is 12.7. The molecule has 0 bridgehead atoms. The van der Waals surface area contributed by atoms with E-state index in [0.717, 1.165) is 0 Å². The first kappa shape index (κ1) is 16.3. The fourth-order valence-electron chi connectivity index (χ4n) is 2.56. The Morgan fingerprint density at radius 3 is 2.76 bits per heavy atom. The Balaban J connectivity index is 2.28. The van der Waals surface area contributed by atoms with E-state index in [9.17, 15) is 13.2 Å². The van der Waals surface area contributed by atoms with Gasteiger partial charge in [-0.1, -0.05) is 11.6 Å². The summed E-state index contributed by atoms with van der Waals surface area (Å²) in [6.45, 7) is 2.29. The Bertz CT molecular complexity index is 644. The molecule has 0 saturated carbocycles. The van der Waals surface area contributed by atoms with Crippen LogP contribution in [0.3, 0.4) is 0 Å². The molecule has 0 aromatic heterocycles. The smallest absolute Gasteiger partial charge is 0.309 e. The maximum atomic E-state index is 12.7. The molecule has 0 amide bonds. The van der Waals surface area contributed by atoms with Gasteiger partial charge in [-0.2, -0.15) is 4.31 Å². The third-order valence-electron chi connectivity index (χ3n) is 3.67. The predicted molar refractivity (Wildman–Crippen MR) is 79.7 cm³/mol. The third kappa shape index (κ3) is 3.39. The molecule has 1 atom stereocenters. The molecule has 0 N–H and O–H groups in total. The summed E-state index contributed by atoms with van der Waals surface area (Å²) in [4.78, 5) is 11.9. The zero-order chi connectivity index (χ0) is 15.6. The molecule has 2 rings (SSSR count). The van der Waals surface area contributed by atoms with Crippen LogP contribution in [0.5, 0.6) is 0 Å². The van der Waals surface area contributed by atoms with Crippen LogP contribution in [0.2, 0.25) is 5.02 Å². The van der Waals surface area contributed by atoms with Crippen molar-refractivity contribution in [1.29, 1.82) is 0 Å². The number of carbonyl (C=O) groups is 1. The van der Waals surface area contributed by atoms with Crippen molar-refractivity contribution >= 4 is 27.6 Å². The molecule has 1 unspecified atom stereocenters. The number of methoxy groups -OCH3 is 1. The molecular formula is C14H18ClNO4S. The second kappa shape index (κ2) is 6.34. The molecule has 0 radical (unpaired) electrons. The third-order valence-corrected chi connectivity index (χ3v) is 5.93. The topological polar surface area (TPSA) is 63.7 Å². The number of hydrogen-bond donors (Lipinski definition) is 0. The van der Waals surface area contributed by atoms with E-state index < -0.39 is 15.9 Å². The van der Waals surface area contributed by atoms with Gasteiger partial charge in [0.25, 0.3) is 0 Å². The Hall–Kier alpha value is -1.11. The standard InChI is InChI=1S/C14H18ClNO4S/c1-10-8-12(15)5-6-13(10)21(18,19)16-7-3-4-11(9-16)14(17)20-2/h5-6,8,11H,3-4,7,9H2,1-2H3. The van der Waals surface area contributed by atoms with E-state index in [0.29, 0.717) is 30.0 Å². The van der Waals surface area contributed by atoms with Gasteiger partial charge in [0.2, 0.25) is 10.0 Å². The number of aryl methyl sites for hydroxylation is 1. The highest BCUT2D eigenvalue weighted by Crippen LogP contribution is 2.27. The van der Waals surface area contributed by atoms with Gasteiger partial charge < -0.3 is 4.74 Å². The second-order valence-electron chi connectivity index (χ2n) is 5.14. The molecule has 116 valence electrons. The van der Waals surface area contributed by atoms with Crippen molar-refractivity contribution in [3.8, 4) is 0 Å². The summed E-state index contributed by atoms with van der Waals surface area (Å²) < 4.78 is 31.5. The first-order chi connectivity index (χ1) is 9.86. The number of ether oxygens (including phenoxy) is 1. The number of esters is 1. The van der Waals surface area contributed by atoms with Gasteiger partial charge in [0.05, 0.1) is 17.9 Å². The monoisotopic (exact) mass is 331 g/mol. The van der Waals surface area contributed by atoms with E-state index in [4.69, 9.17) is 16.3 Å². The van der Waals surface area contributed by atoms with Gasteiger partial charge >= 0.3 is 5.97 Å². The van der Waals surface area contributed by atoms with E-state index in [-0.39, 0.29) is 17.4 Å². The van der Waals surface area contributed by atoms with Crippen LogP contribution in [0.4, 0.5) is 0 Å². The van der Waals surface area contributed by atoms with E-state index in [1.807, 2.05) is 0 Å². The van der Waals surface area contributed by atoms with E-state index in [2.05, 4.69) is 0 Å². The summed E-state index contributed by atoms with van der Waals surface area (Å²) in [5.74, 6) is -0.756. The lowest BCUT2D eigenvalue weighted by atomic mass is 10.0. The van der Waals surface area contributed by atoms with Gasteiger partial charge in [-0.15, -0.1) is 0 Å². The number of nitrogens with zero attached hydrogens (tertiary/aromatic N) is 1. The number of benzene rings is 1. The van der Waals surface area contributed by atoms with Crippen molar-refractivity contribution in [1.82, 2.24) is 4.31 Å². The number of piperidine rings is 1. The number of sulfonamides is 1. The maximum Gasteiger partial charge on any atom is 0.309 e. The second-order valence-corrected chi connectivity index (χ2v) is 7.48. The number of rotatable bonds is 3. The summed E-state index contributed by atoms with van der Waals surface area (Å²) in [5.41, 5.74) is 0.600. The number of carbonyl (C=O) groups excluding carboxylic acids is 1. The van der Waals surface area contributed by atoms with E-state index in [1.54, 1.807) is 19.1 Å². The first-order valence-electron chi connectivity index (χ1n) is 6.70. The number of hydrogen-bond acceptors (Lipinski definition) is 4. The highest BCUT2D eigenvalue weighted by atomic mass is 35.5. The summed E-state index contributed by atoms with van der Waals surface area (Å²) in [5, 5.41) is 0.498. The minimum atomic E-state index is -3.62. The lowest BCUT2D eigenvalue weighted by Crippen LogP contribution is -2.42. The fraction of sp³-hybridized carbons (Fsp3) is 0.500. The quantitative estimate of drug-likeness (QED) is 0.797. The van der Waals surface area contributed by atoms with Crippen molar-refractivity contribution in [3.63, 3.8) is 0 Å². The highest BCUT2D eigenvalue weighted by molar-refractivity contribution is 7.89. The van der Waals surface area contributed by atoms with Crippen LogP contribution in [0, 0.1) is 12.8 Å². The Kier molecular flexibility index (Phi) is 4.91. The van der Waals surface area contributed by atoms with Crippen molar-refractivity contribution in [2.75, 3.05) is 20.2 Å². The van der Waals surface area contributed by atoms with Crippen LogP contribution in [-0.4, -0.2) is 38.9 Å². The minimum Gasteiger partial charge on any atom is -0.469 e. The van der Waals surface area contributed by atoms with E-state index in [1.165, 1.54) is 17.5 Å². The zero-order valence-corrected chi connectivity index (χ0v) is 13.6.